The number of nitrogens with zero attached hydrogens (tertiary/aromatic N) is 1. The second kappa shape index (κ2) is 6.36. The molecule has 0 radical (unpaired) electrons. The molecule has 0 bridgehead atoms. The van der Waals surface area contributed by atoms with E-state index in [-0.39, 0.29) is 12.5 Å². The van der Waals surface area contributed by atoms with Crippen LogP contribution in [-0.2, 0) is 4.74 Å². The van der Waals surface area contributed by atoms with Gasteiger partial charge in [0.1, 0.15) is 11.8 Å². The number of halogens is 1. The van der Waals surface area contributed by atoms with Gasteiger partial charge in [0.25, 0.3) is 0 Å². The lowest BCUT2D eigenvalue weighted by molar-refractivity contribution is 0.00457. The van der Waals surface area contributed by atoms with E-state index in [0.717, 1.165) is 12.8 Å². The van der Waals surface area contributed by atoms with Crippen molar-refractivity contribution in [1.29, 1.82) is 0 Å². The van der Waals surface area contributed by atoms with Gasteiger partial charge in [-0.1, -0.05) is 0 Å². The van der Waals surface area contributed by atoms with Gasteiger partial charge < -0.3 is 15.4 Å². The Balaban J connectivity index is 2.43. The van der Waals surface area contributed by atoms with Gasteiger partial charge in [-0.3, -0.25) is 0 Å². The van der Waals surface area contributed by atoms with Crippen molar-refractivity contribution in [3.63, 3.8) is 0 Å². The number of ether oxygens (including phenoxy) is 1. The number of hydrogen-bond donors (Lipinski definition) is 1. The van der Waals surface area contributed by atoms with Crippen LogP contribution in [0.3, 0.4) is 0 Å². The Hall–Kier alpha value is -0.840. The van der Waals surface area contributed by atoms with E-state index in [4.69, 9.17) is 10.5 Å². The maximum Gasteiger partial charge on any atom is 0.410 e. The molecule has 2 N–H and O–H groups in total. The van der Waals surface area contributed by atoms with Crippen molar-refractivity contribution in [3.8, 4) is 0 Å². The van der Waals surface area contributed by atoms with Crippen molar-refractivity contribution >= 4 is 6.09 Å². The molecule has 0 aromatic heterocycles. The van der Waals surface area contributed by atoms with Gasteiger partial charge in [-0.05, 0) is 52.5 Å². The average molecular weight is 260 g/mol. The van der Waals surface area contributed by atoms with E-state index in [9.17, 15) is 9.18 Å². The standard InChI is InChI=1S/C13H25FN2O2/c1-13(2,3)18-12(17)16-8-6-10(5-4-7-15)11(14)9-16/h10-11H,4-9,15H2,1-3H3. The molecule has 0 spiro atoms. The zero-order valence-corrected chi connectivity index (χ0v) is 11.6. The minimum Gasteiger partial charge on any atom is -0.444 e. The van der Waals surface area contributed by atoms with Crippen LogP contribution >= 0.6 is 0 Å². The summed E-state index contributed by atoms with van der Waals surface area (Å²) in [6.45, 7) is 6.75. The van der Waals surface area contributed by atoms with Crippen LogP contribution in [0.25, 0.3) is 0 Å². The second-order valence-corrected chi connectivity index (χ2v) is 5.92. The number of alkyl halides is 1. The highest BCUT2D eigenvalue weighted by atomic mass is 19.1. The van der Waals surface area contributed by atoms with E-state index < -0.39 is 17.9 Å². The predicted molar refractivity (Wildman–Crippen MR) is 69.1 cm³/mol. The number of nitrogens with two attached hydrogens (primary N) is 1. The van der Waals surface area contributed by atoms with Crippen LogP contribution in [0.15, 0.2) is 0 Å². The number of piperidine rings is 1. The summed E-state index contributed by atoms with van der Waals surface area (Å²) < 4.78 is 19.2. The molecule has 4 nitrogen and oxygen atoms in total. The van der Waals surface area contributed by atoms with Crippen molar-refractivity contribution < 1.29 is 13.9 Å². The van der Waals surface area contributed by atoms with Crippen molar-refractivity contribution in [3.05, 3.63) is 0 Å². The van der Waals surface area contributed by atoms with E-state index in [0.29, 0.717) is 19.5 Å². The number of amides is 1. The van der Waals surface area contributed by atoms with E-state index in [1.807, 2.05) is 20.8 Å². The zero-order valence-electron chi connectivity index (χ0n) is 11.6. The van der Waals surface area contributed by atoms with Crippen LogP contribution in [-0.4, -0.2) is 42.4 Å². The Labute approximate surface area is 109 Å². The first-order chi connectivity index (χ1) is 8.33. The fraction of sp³-hybridized carbons (Fsp3) is 0.923. The van der Waals surface area contributed by atoms with Crippen LogP contribution in [0.2, 0.25) is 0 Å². The van der Waals surface area contributed by atoms with Crippen LogP contribution in [0.5, 0.6) is 0 Å². The molecule has 5 heteroatoms. The highest BCUT2D eigenvalue weighted by Crippen LogP contribution is 2.25. The van der Waals surface area contributed by atoms with E-state index >= 15 is 0 Å². The Bertz CT molecular complexity index is 279. The average Bonchev–Trinajstić information content (AvgIpc) is 2.25. The molecule has 1 saturated heterocycles. The molecule has 1 aliphatic rings. The molecule has 0 aliphatic carbocycles. The number of likely N-dealkylation sites (tertiary alicyclic amines) is 1. The number of carbonyl (C=O) groups is 1. The molecular formula is C13H25FN2O2. The molecule has 0 aromatic carbocycles. The van der Waals surface area contributed by atoms with Gasteiger partial charge in [-0.2, -0.15) is 0 Å². The lowest BCUT2D eigenvalue weighted by Gasteiger charge is -2.35. The van der Waals surface area contributed by atoms with Crippen LogP contribution in [0.4, 0.5) is 9.18 Å². The highest BCUT2D eigenvalue weighted by Gasteiger charge is 2.33. The van der Waals surface area contributed by atoms with Crippen molar-refractivity contribution in [2.45, 2.75) is 51.8 Å². The summed E-state index contributed by atoms with van der Waals surface area (Å²) >= 11 is 0. The van der Waals surface area contributed by atoms with E-state index in [1.54, 1.807) is 0 Å². The highest BCUT2D eigenvalue weighted by molar-refractivity contribution is 5.68. The summed E-state index contributed by atoms with van der Waals surface area (Å²) in [5, 5.41) is 0. The molecule has 106 valence electrons. The van der Waals surface area contributed by atoms with Crippen LogP contribution < -0.4 is 5.73 Å². The minimum atomic E-state index is -0.960. The summed E-state index contributed by atoms with van der Waals surface area (Å²) in [6.07, 6.45) is 0.970. The van der Waals surface area contributed by atoms with E-state index in [2.05, 4.69) is 0 Å². The van der Waals surface area contributed by atoms with Crippen molar-refractivity contribution in [2.24, 2.45) is 11.7 Å². The Morgan fingerprint density at radius 2 is 2.17 bits per heavy atom. The van der Waals surface area contributed by atoms with Crippen LogP contribution in [0, 0.1) is 5.92 Å². The number of rotatable bonds is 3. The SMILES string of the molecule is CC(C)(C)OC(=O)N1CCC(CCCN)C(F)C1. The Morgan fingerprint density at radius 3 is 2.67 bits per heavy atom. The van der Waals surface area contributed by atoms with Gasteiger partial charge in [-0.15, -0.1) is 0 Å². The molecule has 2 unspecified atom stereocenters. The first kappa shape index (κ1) is 15.2. The summed E-state index contributed by atoms with van der Waals surface area (Å²) in [4.78, 5) is 13.3. The summed E-state index contributed by atoms with van der Waals surface area (Å²) in [6, 6.07) is 0. The van der Waals surface area contributed by atoms with Gasteiger partial charge >= 0.3 is 6.09 Å². The lowest BCUT2D eigenvalue weighted by atomic mass is 9.91. The molecule has 1 aliphatic heterocycles. The monoisotopic (exact) mass is 260 g/mol. The number of hydrogen-bond acceptors (Lipinski definition) is 3. The fourth-order valence-electron chi connectivity index (χ4n) is 2.15. The maximum absolute atomic E-state index is 13.9. The third kappa shape index (κ3) is 4.80. The van der Waals surface area contributed by atoms with Gasteiger partial charge in [0.15, 0.2) is 0 Å². The lowest BCUT2D eigenvalue weighted by Crippen LogP contribution is -2.46. The largest absolute Gasteiger partial charge is 0.444 e. The second-order valence-electron chi connectivity index (χ2n) is 5.92. The van der Waals surface area contributed by atoms with Crippen molar-refractivity contribution in [2.75, 3.05) is 19.6 Å². The third-order valence-electron chi connectivity index (χ3n) is 3.11. The first-order valence-corrected chi connectivity index (χ1v) is 6.65. The molecular weight excluding hydrogens is 235 g/mol. The molecule has 1 heterocycles. The predicted octanol–water partition coefficient (Wildman–Crippen LogP) is 2.32. The Morgan fingerprint density at radius 1 is 1.50 bits per heavy atom. The smallest absolute Gasteiger partial charge is 0.410 e. The topological polar surface area (TPSA) is 55.6 Å². The number of carbonyl (C=O) groups excluding carboxylic acids is 1. The van der Waals surface area contributed by atoms with Gasteiger partial charge in [0.2, 0.25) is 0 Å². The molecule has 0 saturated carbocycles. The van der Waals surface area contributed by atoms with Gasteiger partial charge in [0, 0.05) is 6.54 Å². The maximum atomic E-state index is 13.9. The summed E-state index contributed by atoms with van der Waals surface area (Å²) in [5.41, 5.74) is 4.90. The molecule has 1 amide bonds. The zero-order chi connectivity index (χ0) is 13.8. The summed E-state index contributed by atoms with van der Waals surface area (Å²) in [7, 11) is 0. The molecule has 2 atom stereocenters. The molecule has 0 aromatic rings. The molecule has 1 rings (SSSR count). The fourth-order valence-corrected chi connectivity index (χ4v) is 2.15. The first-order valence-electron chi connectivity index (χ1n) is 6.65. The normalized spacial score (nSPS) is 25.1. The minimum absolute atomic E-state index is 0.0345. The van der Waals surface area contributed by atoms with E-state index in [1.165, 1.54) is 4.90 Å². The molecule has 18 heavy (non-hydrogen) atoms. The third-order valence-corrected chi connectivity index (χ3v) is 3.11. The Kier molecular flexibility index (Phi) is 5.38. The van der Waals surface area contributed by atoms with Crippen LogP contribution in [0.1, 0.15) is 40.0 Å². The van der Waals surface area contributed by atoms with Crippen molar-refractivity contribution in [1.82, 2.24) is 4.90 Å². The molecule has 1 fully saturated rings. The summed E-state index contributed by atoms with van der Waals surface area (Å²) in [5.74, 6) is 0.0345. The van der Waals surface area contributed by atoms with Gasteiger partial charge in [-0.25, -0.2) is 9.18 Å². The quantitative estimate of drug-likeness (QED) is 0.847. The van der Waals surface area contributed by atoms with Gasteiger partial charge in [0.05, 0.1) is 6.54 Å².